The maximum Gasteiger partial charge on any atom is 0.156 e. The van der Waals surface area contributed by atoms with Crippen LogP contribution in [0.25, 0.3) is 11.0 Å². The summed E-state index contributed by atoms with van der Waals surface area (Å²) in [5, 5.41) is 17.1. The van der Waals surface area contributed by atoms with Crippen LogP contribution < -0.4 is 5.73 Å². The Morgan fingerprint density at radius 3 is 2.70 bits per heavy atom. The molecule has 0 amide bonds. The van der Waals surface area contributed by atoms with Crippen LogP contribution in [0, 0.1) is 5.92 Å². The number of rotatable bonds is 4. The Morgan fingerprint density at radius 1 is 1.37 bits per heavy atom. The molecule has 1 saturated carbocycles. The summed E-state index contributed by atoms with van der Waals surface area (Å²) >= 11 is 0. The first-order valence-corrected chi connectivity index (χ1v) is 9.05. The Labute approximate surface area is 160 Å². The van der Waals surface area contributed by atoms with Gasteiger partial charge in [0.1, 0.15) is 17.8 Å². The number of fused-ring (bicyclic) bond motifs is 1. The predicted octanol–water partition coefficient (Wildman–Crippen LogP) is 3.22. The van der Waals surface area contributed by atoms with Gasteiger partial charge >= 0.3 is 0 Å². The molecule has 0 aliphatic heterocycles. The molecule has 2 aromatic heterocycles. The largest absolute Gasteiger partial charge is 0.383 e. The lowest BCUT2D eigenvalue weighted by Crippen LogP contribution is -2.15. The minimum Gasteiger partial charge on any atom is -0.383 e. The van der Waals surface area contributed by atoms with Gasteiger partial charge in [0.2, 0.25) is 0 Å². The summed E-state index contributed by atoms with van der Waals surface area (Å²) in [5.41, 5.74) is 8.19. The lowest BCUT2D eigenvalue weighted by atomic mass is 9.97. The van der Waals surface area contributed by atoms with E-state index in [0.29, 0.717) is 17.8 Å². The van der Waals surface area contributed by atoms with E-state index < -0.39 is 5.79 Å². The molecular formula is C20H29N5O2. The van der Waals surface area contributed by atoms with E-state index in [2.05, 4.69) is 51.5 Å². The lowest BCUT2D eigenvalue weighted by molar-refractivity contribution is -0.127. The van der Waals surface area contributed by atoms with Crippen LogP contribution >= 0.6 is 0 Å². The molecule has 27 heavy (non-hydrogen) atoms. The molecule has 0 bridgehead atoms. The molecule has 7 nitrogen and oxygen atoms in total. The van der Waals surface area contributed by atoms with Crippen molar-refractivity contribution < 1.29 is 10.2 Å². The van der Waals surface area contributed by atoms with Crippen LogP contribution in [0.3, 0.4) is 0 Å². The third-order valence-electron chi connectivity index (χ3n) is 4.52. The van der Waals surface area contributed by atoms with Gasteiger partial charge in [-0.15, -0.1) is 0 Å². The third-order valence-corrected chi connectivity index (χ3v) is 4.52. The number of aliphatic hydroxyl groups is 2. The first-order chi connectivity index (χ1) is 12.7. The maximum absolute atomic E-state index is 8.08. The van der Waals surface area contributed by atoms with Gasteiger partial charge in [0, 0.05) is 18.4 Å². The molecule has 7 heteroatoms. The Hall–Kier alpha value is -2.51. The van der Waals surface area contributed by atoms with Crippen LogP contribution in [0.5, 0.6) is 0 Å². The molecule has 4 N–H and O–H groups in total. The molecule has 2 atom stereocenters. The number of nitrogen functional groups attached to an aromatic ring is 1. The highest BCUT2D eigenvalue weighted by molar-refractivity contribution is 5.86. The number of nitrogens with zero attached hydrogens (tertiary/aromatic N) is 4. The number of hydrogen-bond donors (Lipinski definition) is 3. The van der Waals surface area contributed by atoms with Gasteiger partial charge in [-0.25, -0.2) is 9.97 Å². The molecule has 0 saturated heterocycles. The molecule has 0 radical (unpaired) electrons. The van der Waals surface area contributed by atoms with Gasteiger partial charge in [-0.2, -0.15) is 0 Å². The Balaban J connectivity index is 0.000000465. The number of aromatic nitrogens is 3. The van der Waals surface area contributed by atoms with Gasteiger partial charge in [0.05, 0.1) is 5.39 Å². The van der Waals surface area contributed by atoms with Crippen LogP contribution in [0.2, 0.25) is 0 Å². The fourth-order valence-corrected chi connectivity index (χ4v) is 3.41. The minimum atomic E-state index is -1.50. The topological polar surface area (TPSA) is 110 Å². The molecule has 146 valence electrons. The van der Waals surface area contributed by atoms with E-state index in [1.807, 2.05) is 6.07 Å². The van der Waals surface area contributed by atoms with Gasteiger partial charge in [0.15, 0.2) is 5.79 Å². The summed E-state index contributed by atoms with van der Waals surface area (Å²) < 4.78 is 2.25. The fraction of sp³-hybridized carbons (Fsp3) is 0.450. The minimum absolute atomic E-state index is 0.455. The quantitative estimate of drug-likeness (QED) is 0.434. The van der Waals surface area contributed by atoms with Gasteiger partial charge in [-0.3, -0.25) is 4.99 Å². The van der Waals surface area contributed by atoms with E-state index in [0.717, 1.165) is 23.9 Å². The summed E-state index contributed by atoms with van der Waals surface area (Å²) in [7, 11) is 0. The maximum atomic E-state index is 8.08. The highest BCUT2D eigenvalue weighted by atomic mass is 16.5. The highest BCUT2D eigenvalue weighted by Crippen LogP contribution is 2.40. The highest BCUT2D eigenvalue weighted by Gasteiger charge is 2.28. The zero-order valence-electron chi connectivity index (χ0n) is 16.2. The van der Waals surface area contributed by atoms with E-state index in [1.54, 1.807) is 6.20 Å². The molecular weight excluding hydrogens is 342 g/mol. The number of anilines is 1. The van der Waals surface area contributed by atoms with Crippen molar-refractivity contribution in [1.82, 2.24) is 14.5 Å². The molecule has 1 aliphatic carbocycles. The van der Waals surface area contributed by atoms with E-state index in [4.69, 9.17) is 15.9 Å². The van der Waals surface area contributed by atoms with Gasteiger partial charge in [0.25, 0.3) is 0 Å². The van der Waals surface area contributed by atoms with E-state index in [1.165, 1.54) is 32.2 Å². The molecule has 1 aliphatic rings. The van der Waals surface area contributed by atoms with Crippen molar-refractivity contribution in [3.05, 3.63) is 42.5 Å². The zero-order chi connectivity index (χ0) is 20.0. The Bertz CT molecular complexity index is 826. The van der Waals surface area contributed by atoms with E-state index in [9.17, 15) is 0 Å². The summed E-state index contributed by atoms with van der Waals surface area (Å²) in [6.45, 7) is 8.17. The number of allylic oxidation sites excluding steroid dienone is 3. The van der Waals surface area contributed by atoms with Gasteiger partial charge in [-0.1, -0.05) is 6.08 Å². The van der Waals surface area contributed by atoms with Crippen molar-refractivity contribution in [2.45, 2.75) is 51.9 Å². The lowest BCUT2D eigenvalue weighted by Gasteiger charge is -2.15. The molecule has 2 heterocycles. The van der Waals surface area contributed by atoms with Crippen molar-refractivity contribution in [2.75, 3.05) is 5.73 Å². The number of aliphatic imine (C=N–C) groups is 1. The normalized spacial score (nSPS) is 20.7. The summed E-state index contributed by atoms with van der Waals surface area (Å²) in [6.07, 6.45) is 13.0. The second-order valence-corrected chi connectivity index (χ2v) is 7.16. The van der Waals surface area contributed by atoms with Crippen LogP contribution in [0.15, 0.2) is 47.5 Å². The van der Waals surface area contributed by atoms with Crippen molar-refractivity contribution >= 4 is 23.6 Å². The SMILES string of the molecule is C=N/C=C\C(=C/C)C1CCC(n2ccc3c(N)ncnc32)C1.CC(C)(O)O. The average Bonchev–Trinajstić information content (AvgIpc) is 3.21. The monoisotopic (exact) mass is 371 g/mol. The standard InChI is InChI=1S/C17H21N5.C3H8O2/c1-3-12(6-8-19-2)13-4-5-14(10-13)22-9-7-15-16(18)20-11-21-17(15)22;1-3(2,4)5/h3,6-9,11,13-14H,2,4-5,10H2,1H3,(H2,18,20,21);4-5H,1-2H3/b8-6-,12-3+;. The van der Waals surface area contributed by atoms with Crippen LogP contribution in [0.1, 0.15) is 46.1 Å². The van der Waals surface area contributed by atoms with Crippen molar-refractivity contribution in [1.29, 1.82) is 0 Å². The molecule has 0 aromatic carbocycles. The number of nitrogens with two attached hydrogens (primary N) is 1. The van der Waals surface area contributed by atoms with Crippen LogP contribution in [-0.2, 0) is 0 Å². The Morgan fingerprint density at radius 2 is 2.07 bits per heavy atom. The second kappa shape index (κ2) is 8.92. The van der Waals surface area contributed by atoms with Crippen LogP contribution in [0.4, 0.5) is 5.82 Å². The average molecular weight is 371 g/mol. The third kappa shape index (κ3) is 5.74. The first-order valence-electron chi connectivity index (χ1n) is 9.05. The van der Waals surface area contributed by atoms with Crippen LogP contribution in [-0.4, -0.2) is 37.3 Å². The molecule has 2 aromatic rings. The molecule has 2 unspecified atom stereocenters. The number of hydrogen-bond acceptors (Lipinski definition) is 6. The summed E-state index contributed by atoms with van der Waals surface area (Å²) in [4.78, 5) is 12.3. The summed E-state index contributed by atoms with van der Waals surface area (Å²) in [6, 6.07) is 2.47. The smallest absolute Gasteiger partial charge is 0.156 e. The predicted molar refractivity (Wildman–Crippen MR) is 109 cm³/mol. The van der Waals surface area contributed by atoms with Crippen molar-refractivity contribution in [3.63, 3.8) is 0 Å². The fourth-order valence-electron chi connectivity index (χ4n) is 3.41. The summed E-state index contributed by atoms with van der Waals surface area (Å²) in [5.74, 6) is -0.392. The first kappa shape index (κ1) is 20.8. The van der Waals surface area contributed by atoms with E-state index >= 15 is 0 Å². The molecule has 3 rings (SSSR count). The van der Waals surface area contributed by atoms with Gasteiger partial charge in [-0.05, 0) is 70.4 Å². The molecule has 0 spiro atoms. The zero-order valence-corrected chi connectivity index (χ0v) is 16.2. The second-order valence-electron chi connectivity index (χ2n) is 7.16. The Kier molecular flexibility index (Phi) is 6.87. The van der Waals surface area contributed by atoms with Crippen molar-refractivity contribution in [2.24, 2.45) is 10.9 Å². The molecule has 1 fully saturated rings. The van der Waals surface area contributed by atoms with Crippen molar-refractivity contribution in [3.8, 4) is 0 Å². The van der Waals surface area contributed by atoms with E-state index in [-0.39, 0.29) is 0 Å². The van der Waals surface area contributed by atoms with Gasteiger partial charge < -0.3 is 20.5 Å².